The molecule has 0 aliphatic rings. The summed E-state index contributed by atoms with van der Waals surface area (Å²) in [6, 6.07) is 0. The zero-order valence-electron chi connectivity index (χ0n) is 16.0. The highest BCUT2D eigenvalue weighted by Gasteiger charge is 2.20. The number of carboxylic acids is 2. The number of thioether (sulfide) groups is 1. The first kappa shape index (κ1) is 24.3. The zero-order chi connectivity index (χ0) is 18.8. The summed E-state index contributed by atoms with van der Waals surface area (Å²) < 4.78 is 0. The van der Waals surface area contributed by atoms with E-state index in [0.717, 1.165) is 18.6 Å². The lowest BCUT2D eigenvalue weighted by Gasteiger charge is -2.09. The van der Waals surface area contributed by atoms with Gasteiger partial charge >= 0.3 is 11.9 Å². The molecule has 0 amide bonds. The van der Waals surface area contributed by atoms with Crippen molar-refractivity contribution < 1.29 is 19.8 Å². The predicted octanol–water partition coefficient (Wildman–Crippen LogP) is 6.13. The van der Waals surface area contributed by atoms with Crippen molar-refractivity contribution in [1.82, 2.24) is 0 Å². The Morgan fingerprint density at radius 1 is 0.720 bits per heavy atom. The molecular formula is C20H38O4S. The lowest BCUT2D eigenvalue weighted by molar-refractivity contribution is -0.142. The molecule has 0 radical (unpaired) electrons. The average molecular weight is 375 g/mol. The number of unbranched alkanes of at least 4 members (excludes halogenated alkanes) is 13. The highest BCUT2D eigenvalue weighted by molar-refractivity contribution is 8.00. The van der Waals surface area contributed by atoms with Crippen molar-refractivity contribution in [3.05, 3.63) is 0 Å². The second-order valence-electron chi connectivity index (χ2n) is 6.89. The van der Waals surface area contributed by atoms with E-state index >= 15 is 0 Å². The van der Waals surface area contributed by atoms with Gasteiger partial charge < -0.3 is 10.2 Å². The first-order valence-electron chi connectivity index (χ1n) is 10.1. The van der Waals surface area contributed by atoms with Gasteiger partial charge in [0.2, 0.25) is 0 Å². The minimum atomic E-state index is -1.04. The molecule has 0 heterocycles. The van der Waals surface area contributed by atoms with E-state index in [1.54, 1.807) is 0 Å². The van der Waals surface area contributed by atoms with Crippen LogP contribution in [0.5, 0.6) is 0 Å². The van der Waals surface area contributed by atoms with E-state index in [-0.39, 0.29) is 6.42 Å². The second-order valence-corrected chi connectivity index (χ2v) is 8.20. The minimum absolute atomic E-state index is 0.293. The van der Waals surface area contributed by atoms with Gasteiger partial charge in [0.05, 0.1) is 6.42 Å². The van der Waals surface area contributed by atoms with Crippen molar-refractivity contribution in [2.45, 2.75) is 108 Å². The van der Waals surface area contributed by atoms with Crippen LogP contribution >= 0.6 is 11.8 Å². The average Bonchev–Trinajstić information content (AvgIpc) is 2.56. The molecule has 2 N–H and O–H groups in total. The largest absolute Gasteiger partial charge is 0.481 e. The van der Waals surface area contributed by atoms with Crippen LogP contribution in [0.2, 0.25) is 0 Å². The molecule has 1 atom stereocenters. The van der Waals surface area contributed by atoms with Crippen molar-refractivity contribution in [1.29, 1.82) is 0 Å². The smallest absolute Gasteiger partial charge is 0.317 e. The normalized spacial score (nSPS) is 12.2. The second kappa shape index (κ2) is 18.1. The Labute approximate surface area is 158 Å². The Kier molecular flexibility index (Phi) is 17.6. The highest BCUT2D eigenvalue weighted by atomic mass is 32.2. The molecule has 4 nitrogen and oxygen atoms in total. The van der Waals surface area contributed by atoms with Crippen LogP contribution in [-0.4, -0.2) is 33.2 Å². The van der Waals surface area contributed by atoms with Crippen molar-refractivity contribution in [2.75, 3.05) is 5.75 Å². The Balaban J connectivity index is 3.28. The van der Waals surface area contributed by atoms with E-state index in [1.807, 2.05) is 0 Å². The Morgan fingerprint density at radius 3 is 1.48 bits per heavy atom. The van der Waals surface area contributed by atoms with Crippen LogP contribution < -0.4 is 0 Å². The molecule has 0 saturated heterocycles. The van der Waals surface area contributed by atoms with E-state index in [0.29, 0.717) is 0 Å². The van der Waals surface area contributed by atoms with Crippen molar-refractivity contribution in [3.63, 3.8) is 0 Å². The van der Waals surface area contributed by atoms with E-state index < -0.39 is 17.2 Å². The third-order valence-electron chi connectivity index (χ3n) is 4.45. The first-order valence-corrected chi connectivity index (χ1v) is 11.2. The van der Waals surface area contributed by atoms with Gasteiger partial charge in [0.15, 0.2) is 0 Å². The SMILES string of the molecule is CCCCCCCCCCCCCCCCSC(CC(=O)O)C(=O)O. The summed E-state index contributed by atoms with van der Waals surface area (Å²) in [4.78, 5) is 21.5. The van der Waals surface area contributed by atoms with Crippen LogP contribution in [0.15, 0.2) is 0 Å². The summed E-state index contributed by atoms with van der Waals surface area (Å²) in [5, 5.41) is 16.8. The van der Waals surface area contributed by atoms with Gasteiger partial charge in [0.25, 0.3) is 0 Å². The predicted molar refractivity (Wildman–Crippen MR) is 106 cm³/mol. The summed E-state index contributed by atoms with van der Waals surface area (Å²) in [6.45, 7) is 2.26. The molecule has 0 spiro atoms. The molecule has 0 fully saturated rings. The van der Waals surface area contributed by atoms with E-state index in [1.165, 1.54) is 88.8 Å². The molecule has 25 heavy (non-hydrogen) atoms. The number of aliphatic carboxylic acids is 2. The third kappa shape index (κ3) is 17.9. The summed E-state index contributed by atoms with van der Waals surface area (Å²) >= 11 is 1.26. The van der Waals surface area contributed by atoms with Gasteiger partial charge in [0, 0.05) is 0 Å². The molecular weight excluding hydrogens is 336 g/mol. The van der Waals surface area contributed by atoms with Gasteiger partial charge in [-0.1, -0.05) is 90.4 Å². The molecule has 0 bridgehead atoms. The summed E-state index contributed by atoms with van der Waals surface area (Å²) in [6.07, 6.45) is 17.9. The molecule has 1 unspecified atom stereocenters. The molecule has 0 aromatic heterocycles. The molecule has 0 aliphatic heterocycles. The third-order valence-corrected chi connectivity index (χ3v) is 5.75. The Bertz CT molecular complexity index is 334. The van der Waals surface area contributed by atoms with Crippen molar-refractivity contribution in [2.24, 2.45) is 0 Å². The monoisotopic (exact) mass is 374 g/mol. The molecule has 0 aromatic rings. The fraction of sp³-hybridized carbons (Fsp3) is 0.900. The van der Waals surface area contributed by atoms with Crippen LogP contribution in [0, 0.1) is 0 Å². The van der Waals surface area contributed by atoms with Gasteiger partial charge in [0.1, 0.15) is 5.25 Å². The minimum Gasteiger partial charge on any atom is -0.481 e. The van der Waals surface area contributed by atoms with Gasteiger partial charge in [-0.2, -0.15) is 0 Å². The number of rotatable bonds is 19. The lowest BCUT2D eigenvalue weighted by atomic mass is 10.0. The molecule has 0 aliphatic carbocycles. The van der Waals surface area contributed by atoms with Gasteiger partial charge in [-0.3, -0.25) is 9.59 Å². The summed E-state index contributed by atoms with van der Waals surface area (Å²) in [7, 11) is 0. The maximum atomic E-state index is 10.9. The zero-order valence-corrected chi connectivity index (χ0v) is 16.8. The van der Waals surface area contributed by atoms with Crippen molar-refractivity contribution >= 4 is 23.7 Å². The van der Waals surface area contributed by atoms with Crippen LogP contribution in [0.1, 0.15) is 103 Å². The van der Waals surface area contributed by atoms with Gasteiger partial charge in [-0.15, -0.1) is 11.8 Å². The van der Waals surface area contributed by atoms with Gasteiger partial charge in [-0.05, 0) is 12.2 Å². The molecule has 0 aromatic carbocycles. The number of carbonyl (C=O) groups is 2. The standard InChI is InChI=1S/C20H38O4S/c1-2-3-4-5-6-7-8-9-10-11-12-13-14-15-16-25-18(20(23)24)17-19(21)22/h18H,2-17H2,1H3,(H,21,22)(H,23,24). The van der Waals surface area contributed by atoms with Gasteiger partial charge in [-0.25, -0.2) is 0 Å². The molecule has 5 heteroatoms. The molecule has 0 rings (SSSR count). The maximum absolute atomic E-state index is 10.9. The Hall–Kier alpha value is -0.710. The quantitative estimate of drug-likeness (QED) is 0.266. The summed E-state index contributed by atoms with van der Waals surface area (Å²) in [5.74, 6) is -1.32. The van der Waals surface area contributed by atoms with E-state index in [2.05, 4.69) is 6.92 Å². The van der Waals surface area contributed by atoms with Crippen LogP contribution in [0.3, 0.4) is 0 Å². The number of carboxylic acid groups (broad SMARTS) is 2. The molecule has 148 valence electrons. The Morgan fingerprint density at radius 2 is 1.12 bits per heavy atom. The maximum Gasteiger partial charge on any atom is 0.317 e. The van der Waals surface area contributed by atoms with Crippen molar-refractivity contribution in [3.8, 4) is 0 Å². The fourth-order valence-corrected chi connectivity index (χ4v) is 3.96. The van der Waals surface area contributed by atoms with E-state index in [9.17, 15) is 9.59 Å². The lowest BCUT2D eigenvalue weighted by Crippen LogP contribution is -2.20. The van der Waals surface area contributed by atoms with Crippen LogP contribution in [0.4, 0.5) is 0 Å². The summed E-state index contributed by atoms with van der Waals surface area (Å²) in [5.41, 5.74) is 0. The highest BCUT2D eigenvalue weighted by Crippen LogP contribution is 2.18. The molecule has 0 saturated carbocycles. The first-order chi connectivity index (χ1) is 12.1. The number of hydrogen-bond donors (Lipinski definition) is 2. The van der Waals surface area contributed by atoms with E-state index in [4.69, 9.17) is 10.2 Å². The van der Waals surface area contributed by atoms with Crippen LogP contribution in [0.25, 0.3) is 0 Å². The topological polar surface area (TPSA) is 74.6 Å². The fourth-order valence-electron chi connectivity index (χ4n) is 2.90. The van der Waals surface area contributed by atoms with Crippen LogP contribution in [-0.2, 0) is 9.59 Å². The number of hydrogen-bond acceptors (Lipinski definition) is 3.